The van der Waals surface area contributed by atoms with E-state index < -0.39 is 12.0 Å². The van der Waals surface area contributed by atoms with Crippen LogP contribution in [0.2, 0.25) is 0 Å². The van der Waals surface area contributed by atoms with Gasteiger partial charge in [0.25, 0.3) is 0 Å². The third kappa shape index (κ3) is 5.06. The average Bonchev–Trinajstić information content (AvgIpc) is 3.58. The zero-order valence-electron chi connectivity index (χ0n) is 20.2. The number of rotatable bonds is 8. The molecule has 180 valence electrons. The summed E-state index contributed by atoms with van der Waals surface area (Å²) < 4.78 is 5.42. The number of carbonyl (C=O) groups is 2. The lowest BCUT2D eigenvalue weighted by atomic mass is 9.98. The van der Waals surface area contributed by atoms with Crippen molar-refractivity contribution in [1.29, 1.82) is 0 Å². The van der Waals surface area contributed by atoms with Gasteiger partial charge in [-0.25, -0.2) is 4.98 Å². The van der Waals surface area contributed by atoms with Crippen LogP contribution in [-0.2, 0) is 9.59 Å². The monoisotopic (exact) mass is 480 g/mol. The number of nitrogens with zero attached hydrogens (tertiary/aromatic N) is 3. The van der Waals surface area contributed by atoms with Crippen LogP contribution in [0.5, 0.6) is 0 Å². The Hall–Kier alpha value is -3.00. The predicted octanol–water partition coefficient (Wildman–Crippen LogP) is 5.17. The Balaban J connectivity index is 1.43. The lowest BCUT2D eigenvalue weighted by molar-refractivity contribution is -0.140. The quantitative estimate of drug-likeness (QED) is 0.481. The van der Waals surface area contributed by atoms with Crippen LogP contribution < -0.4 is 5.32 Å². The van der Waals surface area contributed by atoms with E-state index in [0.29, 0.717) is 25.1 Å². The van der Waals surface area contributed by atoms with E-state index in [1.807, 2.05) is 51.4 Å². The second-order valence-corrected chi connectivity index (χ2v) is 9.88. The van der Waals surface area contributed by atoms with Crippen molar-refractivity contribution in [2.75, 3.05) is 6.54 Å². The Morgan fingerprint density at radius 3 is 2.65 bits per heavy atom. The molecule has 1 aliphatic heterocycles. The summed E-state index contributed by atoms with van der Waals surface area (Å²) in [5.74, 6) is 0.0251. The van der Waals surface area contributed by atoms with E-state index in [0.717, 1.165) is 40.2 Å². The highest BCUT2D eigenvalue weighted by molar-refractivity contribution is 7.13. The number of aromatic nitrogens is 2. The van der Waals surface area contributed by atoms with Gasteiger partial charge in [-0.1, -0.05) is 42.8 Å². The average molecular weight is 481 g/mol. The molecule has 1 N–H and O–H groups in total. The number of hydrogen-bond acceptors (Lipinski definition) is 6. The maximum absolute atomic E-state index is 13.4. The molecule has 4 rings (SSSR count). The standard InChI is InChI=1S/C26H32N4O3S/c1-5-7-21(23-14-16(2)29-33-23)26(32)30-13-6-8-22(30)25(31)28-17(3)19-9-11-20(12-10-19)24-18(4)27-15-34-24/h9-12,14-15,17,21-22H,5-8,13H2,1-4H3,(H,28,31)/t17-,21+,22-/m0/s1. The molecule has 0 unspecified atom stereocenters. The first-order valence-corrected chi connectivity index (χ1v) is 12.8. The molecule has 3 atom stereocenters. The van der Waals surface area contributed by atoms with E-state index in [2.05, 4.69) is 27.6 Å². The van der Waals surface area contributed by atoms with E-state index in [1.54, 1.807) is 16.2 Å². The van der Waals surface area contributed by atoms with Gasteiger partial charge >= 0.3 is 0 Å². The number of hydrogen-bond donors (Lipinski definition) is 1. The minimum atomic E-state index is -0.461. The predicted molar refractivity (Wildman–Crippen MR) is 132 cm³/mol. The maximum atomic E-state index is 13.4. The van der Waals surface area contributed by atoms with Gasteiger partial charge in [0.1, 0.15) is 11.8 Å². The number of amides is 2. The van der Waals surface area contributed by atoms with Crippen molar-refractivity contribution < 1.29 is 14.1 Å². The molecule has 0 radical (unpaired) electrons. The zero-order valence-corrected chi connectivity index (χ0v) is 21.0. The van der Waals surface area contributed by atoms with Crippen LogP contribution in [0.4, 0.5) is 0 Å². The molecule has 2 aromatic heterocycles. The van der Waals surface area contributed by atoms with Crippen LogP contribution in [0.1, 0.15) is 74.2 Å². The van der Waals surface area contributed by atoms with Crippen LogP contribution in [0.3, 0.4) is 0 Å². The Morgan fingerprint density at radius 1 is 1.26 bits per heavy atom. The van der Waals surface area contributed by atoms with Crippen LogP contribution >= 0.6 is 11.3 Å². The highest BCUT2D eigenvalue weighted by atomic mass is 32.1. The minimum absolute atomic E-state index is 0.0485. The second-order valence-electron chi connectivity index (χ2n) is 9.02. The molecular formula is C26H32N4O3S. The summed E-state index contributed by atoms with van der Waals surface area (Å²) in [4.78, 5) is 33.9. The van der Waals surface area contributed by atoms with Gasteiger partial charge in [0.2, 0.25) is 11.8 Å². The van der Waals surface area contributed by atoms with Gasteiger partial charge in [-0.15, -0.1) is 11.3 Å². The van der Waals surface area contributed by atoms with Crippen molar-refractivity contribution in [3.05, 3.63) is 58.6 Å². The van der Waals surface area contributed by atoms with Gasteiger partial charge in [-0.2, -0.15) is 0 Å². The molecule has 7 nitrogen and oxygen atoms in total. The second kappa shape index (κ2) is 10.5. The van der Waals surface area contributed by atoms with Crippen molar-refractivity contribution in [2.45, 2.75) is 71.4 Å². The molecule has 0 bridgehead atoms. The third-order valence-electron chi connectivity index (χ3n) is 6.48. The van der Waals surface area contributed by atoms with Gasteiger partial charge < -0.3 is 14.7 Å². The van der Waals surface area contributed by atoms with Crippen molar-refractivity contribution in [1.82, 2.24) is 20.4 Å². The van der Waals surface area contributed by atoms with E-state index in [9.17, 15) is 9.59 Å². The van der Waals surface area contributed by atoms with Crippen molar-refractivity contribution >= 4 is 23.2 Å². The molecule has 0 spiro atoms. The van der Waals surface area contributed by atoms with Crippen LogP contribution in [0.15, 0.2) is 40.4 Å². The topological polar surface area (TPSA) is 88.3 Å². The largest absolute Gasteiger partial charge is 0.360 e. The molecule has 34 heavy (non-hydrogen) atoms. The summed E-state index contributed by atoms with van der Waals surface area (Å²) in [7, 11) is 0. The van der Waals surface area contributed by atoms with Crippen LogP contribution in [0, 0.1) is 13.8 Å². The fourth-order valence-electron chi connectivity index (χ4n) is 4.62. The third-order valence-corrected chi connectivity index (χ3v) is 7.46. The zero-order chi connectivity index (χ0) is 24.2. The Bertz CT molecular complexity index is 1140. The highest BCUT2D eigenvalue weighted by Crippen LogP contribution is 2.30. The van der Waals surface area contributed by atoms with E-state index in [1.165, 1.54) is 0 Å². The van der Waals surface area contributed by atoms with E-state index in [-0.39, 0.29) is 17.9 Å². The van der Waals surface area contributed by atoms with Gasteiger partial charge in [0.15, 0.2) is 0 Å². The molecule has 3 heterocycles. The van der Waals surface area contributed by atoms with Gasteiger partial charge in [-0.05, 0) is 51.2 Å². The normalized spacial score (nSPS) is 17.5. The summed E-state index contributed by atoms with van der Waals surface area (Å²) >= 11 is 1.62. The SMILES string of the molecule is CCC[C@@H](C(=O)N1CCC[C@H]1C(=O)N[C@@H](C)c1ccc(-c2scnc2C)cc1)c1cc(C)no1. The van der Waals surface area contributed by atoms with Gasteiger partial charge in [0, 0.05) is 12.6 Å². The molecule has 0 aliphatic carbocycles. The molecule has 1 fully saturated rings. The minimum Gasteiger partial charge on any atom is -0.360 e. The maximum Gasteiger partial charge on any atom is 0.243 e. The summed E-state index contributed by atoms with van der Waals surface area (Å²) in [5, 5.41) is 7.08. The first-order valence-electron chi connectivity index (χ1n) is 11.9. The number of nitrogens with one attached hydrogen (secondary N) is 1. The molecule has 0 saturated carbocycles. The van der Waals surface area contributed by atoms with Crippen molar-refractivity contribution in [2.24, 2.45) is 0 Å². The summed E-state index contributed by atoms with van der Waals surface area (Å²) in [5.41, 5.74) is 5.78. The summed E-state index contributed by atoms with van der Waals surface area (Å²) in [6.45, 7) is 8.45. The molecule has 8 heteroatoms. The molecule has 2 amide bonds. The Kier molecular flexibility index (Phi) is 7.46. The number of likely N-dealkylation sites (tertiary alicyclic amines) is 1. The van der Waals surface area contributed by atoms with Gasteiger partial charge in [0.05, 0.1) is 33.7 Å². The van der Waals surface area contributed by atoms with Gasteiger partial charge in [-0.3, -0.25) is 9.59 Å². The molecule has 1 saturated heterocycles. The van der Waals surface area contributed by atoms with E-state index in [4.69, 9.17) is 4.52 Å². The highest BCUT2D eigenvalue weighted by Gasteiger charge is 2.38. The first kappa shape index (κ1) is 24.1. The lowest BCUT2D eigenvalue weighted by Gasteiger charge is -2.28. The molecule has 3 aromatic rings. The Labute approximate surface area is 204 Å². The fourth-order valence-corrected chi connectivity index (χ4v) is 5.43. The molecule has 1 aliphatic rings. The molecule has 1 aromatic carbocycles. The lowest BCUT2D eigenvalue weighted by Crippen LogP contribution is -2.47. The number of carbonyl (C=O) groups excluding carboxylic acids is 2. The summed E-state index contributed by atoms with van der Waals surface area (Å²) in [6.07, 6.45) is 2.99. The number of thiazole rings is 1. The number of benzene rings is 1. The van der Waals surface area contributed by atoms with Crippen molar-refractivity contribution in [3.8, 4) is 10.4 Å². The van der Waals surface area contributed by atoms with Crippen LogP contribution in [-0.4, -0.2) is 39.4 Å². The fraction of sp³-hybridized carbons (Fsp3) is 0.462. The summed E-state index contributed by atoms with van der Waals surface area (Å²) in [6, 6.07) is 9.42. The van der Waals surface area contributed by atoms with Crippen molar-refractivity contribution in [3.63, 3.8) is 0 Å². The molecular weight excluding hydrogens is 448 g/mol. The number of aryl methyl sites for hydroxylation is 2. The van der Waals surface area contributed by atoms with Crippen LogP contribution in [0.25, 0.3) is 10.4 Å². The Morgan fingerprint density at radius 2 is 2.03 bits per heavy atom. The smallest absolute Gasteiger partial charge is 0.243 e. The van der Waals surface area contributed by atoms with E-state index >= 15 is 0 Å². The first-order chi connectivity index (χ1) is 16.4.